The highest BCUT2D eigenvalue weighted by Gasteiger charge is 2.30. The van der Waals surface area contributed by atoms with Gasteiger partial charge in [0.25, 0.3) is 0 Å². The van der Waals surface area contributed by atoms with Crippen LogP contribution in [0.15, 0.2) is 60.7 Å². The van der Waals surface area contributed by atoms with Gasteiger partial charge in [0.1, 0.15) is 0 Å². The van der Waals surface area contributed by atoms with Crippen LogP contribution in [0.5, 0.6) is 0 Å². The van der Waals surface area contributed by atoms with Crippen molar-refractivity contribution >= 4 is 0 Å². The first-order chi connectivity index (χ1) is 12.3. The van der Waals surface area contributed by atoms with E-state index in [0.29, 0.717) is 6.04 Å². The lowest BCUT2D eigenvalue weighted by atomic mass is 9.80. The van der Waals surface area contributed by atoms with Crippen LogP contribution in [0.2, 0.25) is 0 Å². The molecule has 1 aliphatic rings. The van der Waals surface area contributed by atoms with Gasteiger partial charge in [0.05, 0.1) is 6.04 Å². The van der Waals surface area contributed by atoms with E-state index in [0.717, 1.165) is 11.8 Å². The molecule has 0 aromatic heterocycles. The maximum absolute atomic E-state index is 2.75. The molecular formula is C24H33N. The number of benzene rings is 2. The summed E-state index contributed by atoms with van der Waals surface area (Å²) in [6.07, 6.45) is 6.77. The predicted molar refractivity (Wildman–Crippen MR) is 108 cm³/mol. The number of hydrogen-bond donors (Lipinski definition) is 0. The zero-order valence-electron chi connectivity index (χ0n) is 15.9. The molecule has 1 nitrogen and oxygen atoms in total. The molecule has 134 valence electrons. The molecule has 1 heteroatoms. The largest absolute Gasteiger partial charge is 0.292 e. The van der Waals surface area contributed by atoms with Crippen molar-refractivity contribution in [2.45, 2.75) is 52.0 Å². The Hall–Kier alpha value is -1.60. The molecule has 0 radical (unpaired) electrons. The van der Waals surface area contributed by atoms with Crippen molar-refractivity contribution in [3.8, 4) is 0 Å². The van der Waals surface area contributed by atoms with E-state index in [4.69, 9.17) is 0 Å². The van der Waals surface area contributed by atoms with Crippen LogP contribution in [-0.4, -0.2) is 18.0 Å². The summed E-state index contributed by atoms with van der Waals surface area (Å²) in [5, 5.41) is 0. The molecule has 2 aromatic rings. The van der Waals surface area contributed by atoms with Gasteiger partial charge in [-0.1, -0.05) is 93.8 Å². The first kappa shape index (κ1) is 18.2. The normalized spacial score (nSPS) is 19.9. The lowest BCUT2D eigenvalue weighted by Crippen LogP contribution is -2.41. The van der Waals surface area contributed by atoms with Crippen LogP contribution in [0.4, 0.5) is 0 Å². The molecule has 0 aliphatic carbocycles. The minimum Gasteiger partial charge on any atom is -0.292 e. The fourth-order valence-electron chi connectivity index (χ4n) is 4.69. The second kappa shape index (κ2) is 9.20. The number of hydrogen-bond acceptors (Lipinski definition) is 1. The zero-order chi connectivity index (χ0) is 17.5. The molecule has 2 aromatic carbocycles. The van der Waals surface area contributed by atoms with Crippen molar-refractivity contribution in [1.29, 1.82) is 0 Å². The Morgan fingerprint density at radius 3 is 2.04 bits per heavy atom. The third kappa shape index (κ3) is 4.52. The summed E-state index contributed by atoms with van der Waals surface area (Å²) >= 11 is 0. The first-order valence-electron chi connectivity index (χ1n) is 10.2. The summed E-state index contributed by atoms with van der Waals surface area (Å²) in [6.45, 7) is 7.17. The van der Waals surface area contributed by atoms with Gasteiger partial charge in [0.2, 0.25) is 0 Å². The Balaban J connectivity index is 1.86. The first-order valence-corrected chi connectivity index (χ1v) is 10.2. The molecule has 25 heavy (non-hydrogen) atoms. The monoisotopic (exact) mass is 335 g/mol. The molecule has 1 aliphatic heterocycles. The molecule has 2 unspecified atom stereocenters. The highest BCUT2D eigenvalue weighted by atomic mass is 15.2. The van der Waals surface area contributed by atoms with Gasteiger partial charge in [-0.3, -0.25) is 4.90 Å². The summed E-state index contributed by atoms with van der Waals surface area (Å²) in [6, 6.07) is 22.5. The van der Waals surface area contributed by atoms with Gasteiger partial charge in [-0.15, -0.1) is 0 Å². The van der Waals surface area contributed by atoms with Gasteiger partial charge in [0, 0.05) is 6.54 Å². The second-order valence-electron chi connectivity index (χ2n) is 7.58. The van der Waals surface area contributed by atoms with Crippen molar-refractivity contribution in [2.24, 2.45) is 11.8 Å². The predicted octanol–water partition coefficient (Wildman–Crippen LogP) is 6.31. The summed E-state index contributed by atoms with van der Waals surface area (Å²) in [5.41, 5.74) is 2.86. The maximum Gasteiger partial charge on any atom is 0.0601 e. The minimum absolute atomic E-state index is 0.393. The Bertz CT molecular complexity index is 567. The Morgan fingerprint density at radius 2 is 1.52 bits per heavy atom. The van der Waals surface area contributed by atoms with E-state index in [1.807, 2.05) is 0 Å². The smallest absolute Gasteiger partial charge is 0.0601 e. The van der Waals surface area contributed by atoms with Crippen LogP contribution in [0, 0.1) is 11.8 Å². The lowest BCUT2D eigenvalue weighted by Gasteiger charge is -2.41. The van der Waals surface area contributed by atoms with Gasteiger partial charge in [0.15, 0.2) is 0 Å². The number of piperidine rings is 1. The van der Waals surface area contributed by atoms with E-state index in [9.17, 15) is 0 Å². The van der Waals surface area contributed by atoms with Gasteiger partial charge in [-0.05, 0) is 42.3 Å². The molecule has 1 saturated heterocycles. The second-order valence-corrected chi connectivity index (χ2v) is 7.58. The molecule has 1 fully saturated rings. The number of nitrogens with zero attached hydrogens (tertiary/aromatic N) is 1. The quantitative estimate of drug-likeness (QED) is 0.572. The lowest BCUT2D eigenvalue weighted by molar-refractivity contribution is 0.103. The van der Waals surface area contributed by atoms with Crippen molar-refractivity contribution < 1.29 is 0 Å². The molecule has 0 N–H and O–H groups in total. The average molecular weight is 336 g/mol. The highest BCUT2D eigenvalue weighted by Crippen LogP contribution is 2.36. The fraction of sp³-hybridized carbons (Fsp3) is 0.500. The van der Waals surface area contributed by atoms with Gasteiger partial charge < -0.3 is 0 Å². The minimum atomic E-state index is 0.393. The Morgan fingerprint density at radius 1 is 0.920 bits per heavy atom. The van der Waals surface area contributed by atoms with Crippen LogP contribution >= 0.6 is 0 Å². The summed E-state index contributed by atoms with van der Waals surface area (Å²) in [4.78, 5) is 2.75. The number of likely N-dealkylation sites (tertiary alicyclic amines) is 1. The molecule has 3 rings (SSSR count). The van der Waals surface area contributed by atoms with Gasteiger partial charge in [-0.25, -0.2) is 0 Å². The molecule has 2 atom stereocenters. The molecular weight excluding hydrogens is 302 g/mol. The Labute approximate surface area is 154 Å². The van der Waals surface area contributed by atoms with E-state index in [1.165, 1.54) is 56.3 Å². The van der Waals surface area contributed by atoms with Crippen molar-refractivity contribution in [1.82, 2.24) is 4.90 Å². The molecule has 0 bridgehead atoms. The third-order valence-corrected chi connectivity index (χ3v) is 5.94. The third-order valence-electron chi connectivity index (χ3n) is 5.94. The highest BCUT2D eigenvalue weighted by molar-refractivity contribution is 5.31. The van der Waals surface area contributed by atoms with Crippen LogP contribution in [-0.2, 0) is 0 Å². The van der Waals surface area contributed by atoms with Crippen LogP contribution in [0.1, 0.15) is 63.1 Å². The van der Waals surface area contributed by atoms with E-state index in [2.05, 4.69) is 79.4 Å². The van der Waals surface area contributed by atoms with Crippen molar-refractivity contribution in [3.63, 3.8) is 0 Å². The van der Waals surface area contributed by atoms with Crippen LogP contribution in [0.25, 0.3) is 0 Å². The molecule has 0 saturated carbocycles. The molecule has 0 amide bonds. The van der Waals surface area contributed by atoms with Crippen LogP contribution in [0.3, 0.4) is 0 Å². The standard InChI is InChI=1S/C24H33N/c1-3-12-20(4-2)23-17-11-18-25(19-23)24(21-13-7-5-8-14-21)22-15-9-6-10-16-22/h5-10,13-16,20,23-24H,3-4,11-12,17-19H2,1-2H3. The molecule has 1 heterocycles. The van der Waals surface area contributed by atoms with E-state index < -0.39 is 0 Å². The van der Waals surface area contributed by atoms with Crippen LogP contribution < -0.4 is 0 Å². The van der Waals surface area contributed by atoms with Crippen molar-refractivity contribution in [2.75, 3.05) is 13.1 Å². The summed E-state index contributed by atoms with van der Waals surface area (Å²) < 4.78 is 0. The van der Waals surface area contributed by atoms with E-state index in [-0.39, 0.29) is 0 Å². The Kier molecular flexibility index (Phi) is 6.69. The maximum atomic E-state index is 2.75. The zero-order valence-corrected chi connectivity index (χ0v) is 15.9. The van der Waals surface area contributed by atoms with Gasteiger partial charge >= 0.3 is 0 Å². The number of rotatable bonds is 7. The molecule has 0 spiro atoms. The van der Waals surface area contributed by atoms with E-state index in [1.54, 1.807) is 0 Å². The summed E-state index contributed by atoms with van der Waals surface area (Å²) in [7, 11) is 0. The van der Waals surface area contributed by atoms with E-state index >= 15 is 0 Å². The average Bonchev–Trinajstić information content (AvgIpc) is 2.68. The summed E-state index contributed by atoms with van der Waals surface area (Å²) in [5.74, 6) is 1.74. The fourth-order valence-corrected chi connectivity index (χ4v) is 4.69. The topological polar surface area (TPSA) is 3.24 Å². The van der Waals surface area contributed by atoms with Gasteiger partial charge in [-0.2, -0.15) is 0 Å². The van der Waals surface area contributed by atoms with Crippen molar-refractivity contribution in [3.05, 3.63) is 71.8 Å². The SMILES string of the molecule is CCCC(CC)C1CCCN(C(c2ccccc2)c2ccccc2)C1.